The van der Waals surface area contributed by atoms with E-state index in [0.29, 0.717) is 0 Å². The van der Waals surface area contributed by atoms with Crippen LogP contribution in [0.3, 0.4) is 0 Å². The highest BCUT2D eigenvalue weighted by atomic mass is 16.4. The van der Waals surface area contributed by atoms with E-state index in [4.69, 9.17) is 10.2 Å². The van der Waals surface area contributed by atoms with Crippen LogP contribution in [0, 0.1) is 5.41 Å². The Morgan fingerprint density at radius 2 is 1.78 bits per heavy atom. The number of aliphatic carboxylic acids is 1. The smallest absolute Gasteiger partial charge is 0.333 e. The molecule has 0 aromatic heterocycles. The average Bonchev–Trinajstić information content (AvgIpc) is 1.62. The van der Waals surface area contributed by atoms with Crippen LogP contribution in [0.5, 0.6) is 0 Å². The molecule has 0 spiro atoms. The third-order valence-corrected chi connectivity index (χ3v) is 1.05. The molecule has 0 bridgehead atoms. The number of hydrogen-bond donors (Lipinski definition) is 2. The van der Waals surface area contributed by atoms with Crippen molar-refractivity contribution in [1.29, 1.82) is 0 Å². The third-order valence-electron chi connectivity index (χ3n) is 1.05. The lowest BCUT2D eigenvalue weighted by Crippen LogP contribution is -2.33. The molecule has 1 unspecified atom stereocenters. The minimum atomic E-state index is -1.27. The normalized spacial score (nSPS) is 15.1. The van der Waals surface area contributed by atoms with Crippen LogP contribution in [-0.4, -0.2) is 22.3 Å². The van der Waals surface area contributed by atoms with Crippen molar-refractivity contribution in [2.45, 2.75) is 26.9 Å². The van der Waals surface area contributed by atoms with Crippen molar-refractivity contribution in [1.82, 2.24) is 0 Å². The average molecular weight is 132 g/mol. The number of carboxylic acids is 1. The fourth-order valence-electron chi connectivity index (χ4n) is 0.370. The Hall–Kier alpha value is -0.570. The van der Waals surface area contributed by atoms with Gasteiger partial charge in [-0.05, 0) is 5.41 Å². The zero-order chi connectivity index (χ0) is 7.65. The van der Waals surface area contributed by atoms with E-state index in [-0.39, 0.29) is 0 Å². The van der Waals surface area contributed by atoms with Gasteiger partial charge in [0.15, 0.2) is 6.10 Å². The topological polar surface area (TPSA) is 57.5 Å². The fourth-order valence-corrected chi connectivity index (χ4v) is 0.370. The molecule has 54 valence electrons. The van der Waals surface area contributed by atoms with Gasteiger partial charge in [-0.2, -0.15) is 0 Å². The molecule has 0 aliphatic carbocycles. The predicted octanol–water partition coefficient (Wildman–Crippen LogP) is 0.478. The van der Waals surface area contributed by atoms with Crippen LogP contribution < -0.4 is 0 Å². The molecule has 0 rings (SSSR count). The molecule has 0 amide bonds. The van der Waals surface area contributed by atoms with Crippen molar-refractivity contribution in [2.75, 3.05) is 0 Å². The first-order valence-electron chi connectivity index (χ1n) is 2.76. The van der Waals surface area contributed by atoms with Gasteiger partial charge < -0.3 is 10.2 Å². The van der Waals surface area contributed by atoms with Crippen molar-refractivity contribution in [3.63, 3.8) is 0 Å². The van der Waals surface area contributed by atoms with Crippen LogP contribution >= 0.6 is 0 Å². The first-order valence-corrected chi connectivity index (χ1v) is 2.76. The van der Waals surface area contributed by atoms with Crippen molar-refractivity contribution in [3.8, 4) is 0 Å². The van der Waals surface area contributed by atoms with Crippen molar-refractivity contribution in [2.24, 2.45) is 5.41 Å². The second-order valence-corrected chi connectivity index (χ2v) is 3.11. The monoisotopic (exact) mass is 132 g/mol. The van der Waals surface area contributed by atoms with E-state index in [0.717, 1.165) is 0 Å². The lowest BCUT2D eigenvalue weighted by molar-refractivity contribution is -0.152. The summed E-state index contributed by atoms with van der Waals surface area (Å²) in [5.74, 6) is -1.16. The molecule has 0 heterocycles. The molecule has 0 fully saturated rings. The number of rotatable bonds is 1. The van der Waals surface area contributed by atoms with Crippen LogP contribution in [0.2, 0.25) is 0 Å². The molecule has 0 saturated heterocycles. The number of aliphatic hydroxyl groups excluding tert-OH is 1. The van der Waals surface area contributed by atoms with Crippen LogP contribution in [0.25, 0.3) is 0 Å². The van der Waals surface area contributed by atoms with E-state index in [9.17, 15) is 4.79 Å². The largest absolute Gasteiger partial charge is 0.479 e. The minimum absolute atomic E-state index is 0.564. The molecule has 3 heteroatoms. The first-order chi connectivity index (χ1) is 3.85. The molecule has 0 aromatic carbocycles. The molecule has 0 saturated carbocycles. The fraction of sp³-hybridized carbons (Fsp3) is 0.833. The maximum atomic E-state index is 10.1. The Kier molecular flexibility index (Phi) is 2.20. The highest BCUT2D eigenvalue weighted by Gasteiger charge is 2.28. The zero-order valence-electron chi connectivity index (χ0n) is 5.88. The summed E-state index contributed by atoms with van der Waals surface area (Å²) in [4.78, 5) is 10.1. The Labute approximate surface area is 54.3 Å². The summed E-state index contributed by atoms with van der Waals surface area (Å²) in [6.45, 7) is 5.02. The standard InChI is InChI=1S/C6H12O3/c1-6(2,3)4(7)5(8)9/h4,7H,1-3H3,(H,8,9). The van der Waals surface area contributed by atoms with Crippen LogP contribution in [0.15, 0.2) is 0 Å². The molecule has 9 heavy (non-hydrogen) atoms. The van der Waals surface area contributed by atoms with E-state index in [1.54, 1.807) is 20.8 Å². The highest BCUT2D eigenvalue weighted by molar-refractivity contribution is 5.72. The summed E-state index contributed by atoms with van der Waals surface area (Å²) in [6.07, 6.45) is -1.27. The van der Waals surface area contributed by atoms with E-state index < -0.39 is 17.5 Å². The van der Waals surface area contributed by atoms with Gasteiger partial charge in [-0.1, -0.05) is 20.8 Å². The van der Waals surface area contributed by atoms with E-state index >= 15 is 0 Å². The van der Waals surface area contributed by atoms with Gasteiger partial charge in [0, 0.05) is 0 Å². The molecule has 0 radical (unpaired) electrons. The third kappa shape index (κ3) is 2.46. The Morgan fingerprint density at radius 3 is 1.78 bits per heavy atom. The first kappa shape index (κ1) is 8.43. The zero-order valence-corrected chi connectivity index (χ0v) is 5.88. The number of carbonyl (C=O) groups is 1. The van der Waals surface area contributed by atoms with Crippen LogP contribution in [0.1, 0.15) is 20.8 Å². The number of aliphatic hydroxyl groups is 1. The molecule has 0 aromatic rings. The molecular formula is C6H12O3. The van der Waals surface area contributed by atoms with Crippen molar-refractivity contribution in [3.05, 3.63) is 0 Å². The maximum Gasteiger partial charge on any atom is 0.333 e. The lowest BCUT2D eigenvalue weighted by atomic mass is 9.89. The van der Waals surface area contributed by atoms with Gasteiger partial charge >= 0.3 is 5.97 Å². The van der Waals surface area contributed by atoms with Gasteiger partial charge in [-0.25, -0.2) is 4.79 Å². The van der Waals surface area contributed by atoms with Gasteiger partial charge in [0.2, 0.25) is 0 Å². The SMILES string of the molecule is CC(C)(C)C(O)C(=O)O. The predicted molar refractivity (Wildman–Crippen MR) is 33.1 cm³/mol. The van der Waals surface area contributed by atoms with Gasteiger partial charge in [-0.3, -0.25) is 0 Å². The molecule has 0 aliphatic rings. The van der Waals surface area contributed by atoms with Gasteiger partial charge in [0.1, 0.15) is 0 Å². The molecule has 2 N–H and O–H groups in total. The Morgan fingerprint density at radius 1 is 1.44 bits per heavy atom. The quantitative estimate of drug-likeness (QED) is 0.545. The number of hydrogen-bond acceptors (Lipinski definition) is 2. The Bertz CT molecular complexity index is 112. The summed E-state index contributed by atoms with van der Waals surface area (Å²) < 4.78 is 0. The van der Waals surface area contributed by atoms with Crippen LogP contribution in [-0.2, 0) is 4.79 Å². The second kappa shape index (κ2) is 2.35. The van der Waals surface area contributed by atoms with Gasteiger partial charge in [0.05, 0.1) is 0 Å². The van der Waals surface area contributed by atoms with E-state index in [1.165, 1.54) is 0 Å². The van der Waals surface area contributed by atoms with Gasteiger partial charge in [0.25, 0.3) is 0 Å². The van der Waals surface area contributed by atoms with Crippen molar-refractivity contribution >= 4 is 5.97 Å². The van der Waals surface area contributed by atoms with E-state index in [2.05, 4.69) is 0 Å². The van der Waals surface area contributed by atoms with Gasteiger partial charge in [-0.15, -0.1) is 0 Å². The minimum Gasteiger partial charge on any atom is -0.479 e. The molecule has 3 nitrogen and oxygen atoms in total. The lowest BCUT2D eigenvalue weighted by Gasteiger charge is -2.21. The van der Waals surface area contributed by atoms with Crippen LogP contribution in [0.4, 0.5) is 0 Å². The maximum absolute atomic E-state index is 10.1. The molecule has 0 aliphatic heterocycles. The number of carboxylic acid groups (broad SMARTS) is 1. The second-order valence-electron chi connectivity index (χ2n) is 3.11. The van der Waals surface area contributed by atoms with Crippen molar-refractivity contribution < 1.29 is 15.0 Å². The highest BCUT2D eigenvalue weighted by Crippen LogP contribution is 2.18. The summed E-state index contributed by atoms with van der Waals surface area (Å²) in [5, 5.41) is 17.1. The Balaban J connectivity index is 4.04. The van der Waals surface area contributed by atoms with E-state index in [1.807, 2.05) is 0 Å². The molecule has 1 atom stereocenters. The summed E-state index contributed by atoms with van der Waals surface area (Å²) in [6, 6.07) is 0. The summed E-state index contributed by atoms with van der Waals surface area (Å²) >= 11 is 0. The summed E-state index contributed by atoms with van der Waals surface area (Å²) in [7, 11) is 0. The summed E-state index contributed by atoms with van der Waals surface area (Å²) in [5.41, 5.74) is -0.564. The molecular weight excluding hydrogens is 120 g/mol.